The maximum atomic E-state index is 11.8. The van der Waals surface area contributed by atoms with Gasteiger partial charge in [-0.1, -0.05) is 31.5 Å². The number of nitrogens with two attached hydrogens (primary N) is 1. The molecule has 0 saturated carbocycles. The van der Waals surface area contributed by atoms with Crippen molar-refractivity contribution in [1.82, 2.24) is 5.43 Å². The first-order valence-electron chi connectivity index (χ1n) is 7.08. The Bertz CT molecular complexity index is 437. The molecule has 0 radical (unpaired) electrons. The fraction of sp³-hybridized carbons (Fsp3) is 0.533. The topological polar surface area (TPSA) is 87.4 Å². The molecule has 0 heterocycles. The van der Waals surface area contributed by atoms with Gasteiger partial charge in [-0.2, -0.15) is 11.8 Å². The fourth-order valence-electron chi connectivity index (χ4n) is 1.64. The molecule has 5 nitrogen and oxygen atoms in total. The minimum Gasteiger partial charge on any atom is -0.382 e. The lowest BCUT2D eigenvalue weighted by molar-refractivity contribution is -0.129. The van der Waals surface area contributed by atoms with E-state index in [-0.39, 0.29) is 0 Å². The van der Waals surface area contributed by atoms with Crippen molar-refractivity contribution in [2.24, 2.45) is 5.73 Å². The van der Waals surface area contributed by atoms with Crippen LogP contribution >= 0.6 is 11.8 Å². The minimum atomic E-state index is -1.21. The third-order valence-corrected chi connectivity index (χ3v) is 4.10. The maximum absolute atomic E-state index is 11.8. The molecular weight excluding hydrogens is 286 g/mol. The molecule has 2 atom stereocenters. The molecule has 0 aliphatic rings. The number of rotatable bonds is 8. The van der Waals surface area contributed by atoms with E-state index in [0.29, 0.717) is 11.7 Å². The number of amides is 1. The molecule has 0 saturated heterocycles. The molecule has 1 rings (SSSR count). The lowest BCUT2D eigenvalue weighted by Gasteiger charge is -2.19. The van der Waals surface area contributed by atoms with E-state index in [9.17, 15) is 9.90 Å². The highest BCUT2D eigenvalue weighted by Crippen LogP contribution is 2.12. The molecule has 0 spiro atoms. The Morgan fingerprint density at radius 2 is 1.95 bits per heavy atom. The number of hydrazine groups is 1. The van der Waals surface area contributed by atoms with Crippen LogP contribution in [-0.4, -0.2) is 34.2 Å². The molecule has 0 aliphatic heterocycles. The number of carbonyl (C=O) groups excluding carboxylic acids is 1. The van der Waals surface area contributed by atoms with Gasteiger partial charge >= 0.3 is 0 Å². The number of hydrogen-bond donors (Lipinski definition) is 4. The van der Waals surface area contributed by atoms with Crippen LogP contribution in [0.4, 0.5) is 5.69 Å². The van der Waals surface area contributed by atoms with Gasteiger partial charge in [-0.05, 0) is 36.5 Å². The number of carbonyl (C=O) groups is 1. The number of thioether (sulfide) groups is 1. The van der Waals surface area contributed by atoms with E-state index in [1.807, 2.05) is 31.2 Å². The summed E-state index contributed by atoms with van der Waals surface area (Å²) >= 11 is 1.76. The van der Waals surface area contributed by atoms with Crippen LogP contribution in [0.25, 0.3) is 0 Å². The monoisotopic (exact) mass is 311 g/mol. The molecular formula is C15H25N3O2S. The van der Waals surface area contributed by atoms with Crippen molar-refractivity contribution >= 4 is 23.4 Å². The van der Waals surface area contributed by atoms with Gasteiger partial charge in [-0.25, -0.2) is 0 Å². The smallest absolute Gasteiger partial charge is 0.268 e. The Kier molecular flexibility index (Phi) is 7.56. The van der Waals surface area contributed by atoms with Crippen molar-refractivity contribution in [3.8, 4) is 0 Å². The first-order valence-corrected chi connectivity index (χ1v) is 8.13. The summed E-state index contributed by atoms with van der Waals surface area (Å²) < 4.78 is 0. The predicted molar refractivity (Wildman–Crippen MR) is 89.1 cm³/mol. The van der Waals surface area contributed by atoms with Crippen molar-refractivity contribution < 1.29 is 9.90 Å². The lowest BCUT2D eigenvalue weighted by atomic mass is 10.1. The summed E-state index contributed by atoms with van der Waals surface area (Å²) in [6.07, 6.45) is -0.613. The summed E-state index contributed by atoms with van der Waals surface area (Å²) in [5, 5.41) is 10.4. The summed E-state index contributed by atoms with van der Waals surface area (Å²) in [5.74, 6) is 0.312. The van der Waals surface area contributed by atoms with Gasteiger partial charge in [0.1, 0.15) is 6.10 Å². The Morgan fingerprint density at radius 3 is 2.52 bits per heavy atom. The highest BCUT2D eigenvalue weighted by Gasteiger charge is 2.22. The largest absolute Gasteiger partial charge is 0.382 e. The molecule has 0 aromatic heterocycles. The van der Waals surface area contributed by atoms with Crippen LogP contribution in [0.5, 0.6) is 0 Å². The normalized spacial score (nSPS) is 13.8. The van der Waals surface area contributed by atoms with Gasteiger partial charge in [0.2, 0.25) is 0 Å². The lowest BCUT2D eigenvalue weighted by Crippen LogP contribution is -2.48. The second-order valence-corrected chi connectivity index (χ2v) is 6.98. The van der Waals surface area contributed by atoms with Crippen LogP contribution in [0.15, 0.2) is 24.3 Å². The van der Waals surface area contributed by atoms with Crippen LogP contribution in [-0.2, 0) is 4.79 Å². The Hall–Kier alpha value is -1.24. The van der Waals surface area contributed by atoms with E-state index in [1.54, 1.807) is 11.8 Å². The summed E-state index contributed by atoms with van der Waals surface area (Å²) in [4.78, 5) is 11.8. The van der Waals surface area contributed by atoms with Crippen molar-refractivity contribution in [2.75, 3.05) is 11.2 Å². The van der Waals surface area contributed by atoms with Gasteiger partial charge in [0.15, 0.2) is 0 Å². The Morgan fingerprint density at radius 1 is 1.33 bits per heavy atom. The molecule has 0 bridgehead atoms. The molecule has 118 valence electrons. The van der Waals surface area contributed by atoms with E-state index in [1.165, 1.54) is 0 Å². The zero-order chi connectivity index (χ0) is 15.8. The Balaban J connectivity index is 2.34. The molecule has 0 unspecified atom stereocenters. The standard InChI is InChI=1S/C15H25N3O2S/c1-10(2)21-9-8-13(16)14(19)15(20)18-17-12-6-4-11(3)5-7-12/h4-7,10,13-14,17,19H,8-9,16H2,1-3H3,(H,18,20)/t13-,14+/m1/s1. The second kappa shape index (κ2) is 8.92. The van der Waals surface area contributed by atoms with Crippen LogP contribution < -0.4 is 16.6 Å². The zero-order valence-corrected chi connectivity index (χ0v) is 13.6. The van der Waals surface area contributed by atoms with Crippen LogP contribution in [0.3, 0.4) is 0 Å². The van der Waals surface area contributed by atoms with Gasteiger partial charge in [-0.15, -0.1) is 0 Å². The number of nitrogens with one attached hydrogen (secondary N) is 2. The summed E-state index contributed by atoms with van der Waals surface area (Å²) in [5.41, 5.74) is 13.0. The first-order chi connectivity index (χ1) is 9.90. The number of aliphatic hydroxyl groups is 1. The molecule has 0 aliphatic carbocycles. The average molecular weight is 311 g/mol. The number of hydrogen-bond acceptors (Lipinski definition) is 5. The highest BCUT2D eigenvalue weighted by atomic mass is 32.2. The molecule has 0 fully saturated rings. The third-order valence-electron chi connectivity index (χ3n) is 2.96. The van der Waals surface area contributed by atoms with Gasteiger partial charge in [0.05, 0.1) is 5.69 Å². The van der Waals surface area contributed by atoms with E-state index < -0.39 is 18.1 Å². The Labute approximate surface area is 130 Å². The number of aliphatic hydroxyl groups excluding tert-OH is 1. The van der Waals surface area contributed by atoms with E-state index >= 15 is 0 Å². The summed E-state index contributed by atoms with van der Waals surface area (Å²) in [6, 6.07) is 7.00. The van der Waals surface area contributed by atoms with Crippen molar-refractivity contribution in [3.05, 3.63) is 29.8 Å². The quantitative estimate of drug-likeness (QED) is 0.549. The molecule has 1 aromatic carbocycles. The molecule has 6 heteroatoms. The van der Waals surface area contributed by atoms with Gasteiger partial charge < -0.3 is 10.8 Å². The number of anilines is 1. The summed E-state index contributed by atoms with van der Waals surface area (Å²) in [7, 11) is 0. The fourth-order valence-corrected chi connectivity index (χ4v) is 2.52. The van der Waals surface area contributed by atoms with E-state index in [0.717, 1.165) is 17.0 Å². The predicted octanol–water partition coefficient (Wildman–Crippen LogP) is 1.66. The van der Waals surface area contributed by atoms with E-state index in [2.05, 4.69) is 24.7 Å². The number of benzene rings is 1. The molecule has 5 N–H and O–H groups in total. The molecule has 1 amide bonds. The van der Waals surface area contributed by atoms with Crippen molar-refractivity contribution in [3.63, 3.8) is 0 Å². The van der Waals surface area contributed by atoms with Crippen LogP contribution in [0, 0.1) is 6.92 Å². The second-order valence-electron chi connectivity index (χ2n) is 5.30. The zero-order valence-electron chi connectivity index (χ0n) is 12.8. The van der Waals surface area contributed by atoms with Gasteiger partial charge in [0, 0.05) is 6.04 Å². The van der Waals surface area contributed by atoms with Gasteiger partial charge in [0.25, 0.3) is 5.91 Å². The number of aryl methyl sites for hydroxylation is 1. The van der Waals surface area contributed by atoms with E-state index in [4.69, 9.17) is 5.73 Å². The highest BCUT2D eigenvalue weighted by molar-refractivity contribution is 7.99. The van der Waals surface area contributed by atoms with Gasteiger partial charge in [-0.3, -0.25) is 15.6 Å². The third kappa shape index (κ3) is 6.84. The molecule has 1 aromatic rings. The van der Waals surface area contributed by atoms with Crippen LogP contribution in [0.2, 0.25) is 0 Å². The molecule has 21 heavy (non-hydrogen) atoms. The first kappa shape index (κ1) is 17.8. The minimum absolute atomic E-state index is 0.516. The van der Waals surface area contributed by atoms with Crippen LogP contribution in [0.1, 0.15) is 25.8 Å². The summed E-state index contributed by atoms with van der Waals surface area (Å²) in [6.45, 7) is 6.19. The SMILES string of the molecule is Cc1ccc(NNC(=O)[C@@H](O)[C@H](N)CCSC(C)C)cc1. The maximum Gasteiger partial charge on any atom is 0.268 e. The van der Waals surface area contributed by atoms with Crippen molar-refractivity contribution in [2.45, 2.75) is 44.6 Å². The average Bonchev–Trinajstić information content (AvgIpc) is 2.45. The van der Waals surface area contributed by atoms with Crippen molar-refractivity contribution in [1.29, 1.82) is 0 Å².